The molecule has 0 aliphatic heterocycles. The fraction of sp³-hybridized carbons (Fsp3) is 0.333. The van der Waals surface area contributed by atoms with Gasteiger partial charge in [0.25, 0.3) is 0 Å². The van der Waals surface area contributed by atoms with E-state index in [1.165, 1.54) is 12.1 Å². The summed E-state index contributed by atoms with van der Waals surface area (Å²) in [4.78, 5) is 21.3. The molecule has 1 rings (SSSR count). The van der Waals surface area contributed by atoms with Crippen molar-refractivity contribution >= 4 is 34.2 Å². The first-order valence-electron chi connectivity index (χ1n) is 6.00. The summed E-state index contributed by atoms with van der Waals surface area (Å²) in [5.41, 5.74) is 1.99. The lowest BCUT2D eigenvalue weighted by atomic mass is 10.2. The third kappa shape index (κ3) is 5.16. The summed E-state index contributed by atoms with van der Waals surface area (Å²) in [6, 6.07) is 4.56. The predicted octanol–water partition coefficient (Wildman–Crippen LogP) is 1.61. The maximum atomic E-state index is 11.0. The van der Waals surface area contributed by atoms with E-state index in [-0.39, 0.29) is 35.9 Å². The van der Waals surface area contributed by atoms with Crippen molar-refractivity contribution < 1.29 is 14.5 Å². The lowest BCUT2D eigenvalue weighted by molar-refractivity contribution is -0.386. The number of nitriles is 1. The number of carbonyl (C=O) groups excluding carboxylic acids is 1. The standard InChI is InChI=1S/C12H13IN4O4/c13-9-5-8(7-14)6-10(17(19)20)12(9)21-4-2-1-3-11(18)16-15/h5-6H,1-4,15H2,(H,16,18). The van der Waals surface area contributed by atoms with Gasteiger partial charge in [0.15, 0.2) is 0 Å². The number of amides is 1. The summed E-state index contributed by atoms with van der Waals surface area (Å²) in [6.45, 7) is 0.237. The second-order valence-electron chi connectivity index (χ2n) is 4.05. The van der Waals surface area contributed by atoms with Crippen LogP contribution < -0.4 is 16.0 Å². The monoisotopic (exact) mass is 404 g/mol. The molecule has 1 aromatic carbocycles. The molecule has 0 saturated carbocycles. The Hall–Kier alpha value is -1.93. The number of unbranched alkanes of at least 4 members (excludes halogenated alkanes) is 1. The van der Waals surface area contributed by atoms with Crippen molar-refractivity contribution in [3.63, 3.8) is 0 Å². The molecule has 1 amide bonds. The number of ether oxygens (including phenoxy) is 1. The van der Waals surface area contributed by atoms with Gasteiger partial charge in [-0.1, -0.05) is 0 Å². The van der Waals surface area contributed by atoms with Crippen LogP contribution in [-0.2, 0) is 4.79 Å². The van der Waals surface area contributed by atoms with Gasteiger partial charge in [-0.2, -0.15) is 5.26 Å². The molecule has 0 unspecified atom stereocenters. The van der Waals surface area contributed by atoms with Crippen LogP contribution in [0.15, 0.2) is 12.1 Å². The first-order valence-corrected chi connectivity index (χ1v) is 7.07. The van der Waals surface area contributed by atoms with Crippen LogP contribution in [0.1, 0.15) is 24.8 Å². The second kappa shape index (κ2) is 8.38. The van der Waals surface area contributed by atoms with Gasteiger partial charge in [-0.25, -0.2) is 5.84 Å². The average molecular weight is 404 g/mol. The summed E-state index contributed by atoms with van der Waals surface area (Å²) >= 11 is 1.88. The van der Waals surface area contributed by atoms with E-state index in [0.717, 1.165) is 0 Å². The summed E-state index contributed by atoms with van der Waals surface area (Å²) in [6.07, 6.45) is 1.39. The third-order valence-corrected chi connectivity index (χ3v) is 3.36. The molecule has 112 valence electrons. The van der Waals surface area contributed by atoms with E-state index < -0.39 is 4.92 Å². The number of hydrazine groups is 1. The number of nitrogens with one attached hydrogen (secondary N) is 1. The van der Waals surface area contributed by atoms with Crippen molar-refractivity contribution in [2.24, 2.45) is 5.84 Å². The minimum atomic E-state index is -0.583. The molecule has 0 radical (unpaired) electrons. The van der Waals surface area contributed by atoms with Gasteiger partial charge in [0.05, 0.1) is 26.7 Å². The highest BCUT2D eigenvalue weighted by atomic mass is 127. The maximum Gasteiger partial charge on any atom is 0.313 e. The lowest BCUT2D eigenvalue weighted by Gasteiger charge is -2.09. The van der Waals surface area contributed by atoms with Crippen LogP contribution in [0.2, 0.25) is 0 Å². The Balaban J connectivity index is 2.68. The largest absolute Gasteiger partial charge is 0.486 e. The van der Waals surface area contributed by atoms with Gasteiger partial charge in [0.2, 0.25) is 11.7 Å². The fourth-order valence-electron chi connectivity index (χ4n) is 1.56. The molecule has 0 spiro atoms. The van der Waals surface area contributed by atoms with E-state index in [2.05, 4.69) is 0 Å². The van der Waals surface area contributed by atoms with E-state index in [4.69, 9.17) is 15.8 Å². The van der Waals surface area contributed by atoms with Crippen molar-refractivity contribution in [2.45, 2.75) is 19.3 Å². The molecule has 9 heteroatoms. The van der Waals surface area contributed by atoms with Crippen molar-refractivity contribution in [1.82, 2.24) is 5.43 Å². The molecule has 0 heterocycles. The predicted molar refractivity (Wildman–Crippen MR) is 82.2 cm³/mol. The van der Waals surface area contributed by atoms with Gasteiger partial charge < -0.3 is 4.74 Å². The molecule has 0 fully saturated rings. The highest BCUT2D eigenvalue weighted by Crippen LogP contribution is 2.33. The minimum Gasteiger partial charge on any atom is -0.486 e. The van der Waals surface area contributed by atoms with Crippen LogP contribution in [0.25, 0.3) is 0 Å². The fourth-order valence-corrected chi connectivity index (χ4v) is 2.32. The van der Waals surface area contributed by atoms with Crippen LogP contribution in [-0.4, -0.2) is 17.4 Å². The average Bonchev–Trinajstić information content (AvgIpc) is 2.47. The summed E-state index contributed by atoms with van der Waals surface area (Å²) in [7, 11) is 0. The Morgan fingerprint density at radius 1 is 1.52 bits per heavy atom. The van der Waals surface area contributed by atoms with Gasteiger partial charge in [0.1, 0.15) is 0 Å². The van der Waals surface area contributed by atoms with Gasteiger partial charge >= 0.3 is 5.69 Å². The normalized spacial score (nSPS) is 9.76. The van der Waals surface area contributed by atoms with Crippen LogP contribution in [0.4, 0.5) is 5.69 Å². The Morgan fingerprint density at radius 3 is 2.81 bits per heavy atom. The molecule has 0 saturated heterocycles. The number of nitrogens with two attached hydrogens (primary N) is 1. The zero-order valence-corrected chi connectivity index (χ0v) is 13.1. The van der Waals surface area contributed by atoms with Gasteiger partial charge in [-0.05, 0) is 41.5 Å². The number of carbonyl (C=O) groups is 1. The number of rotatable bonds is 7. The number of nitro groups is 1. The molecule has 8 nitrogen and oxygen atoms in total. The number of benzene rings is 1. The molecule has 1 aromatic rings. The first kappa shape index (κ1) is 17.1. The SMILES string of the molecule is N#Cc1cc(I)c(OCCCCC(=O)NN)c([N+](=O)[O-])c1. The molecule has 0 bridgehead atoms. The molecular weight excluding hydrogens is 391 g/mol. The molecule has 0 aromatic heterocycles. The molecule has 21 heavy (non-hydrogen) atoms. The molecule has 0 atom stereocenters. The van der Waals surface area contributed by atoms with Crippen LogP contribution >= 0.6 is 22.6 Å². The summed E-state index contributed by atoms with van der Waals surface area (Å²) in [5.74, 6) is 4.82. The Bertz CT molecular complexity index is 585. The van der Waals surface area contributed by atoms with Gasteiger partial charge in [-0.3, -0.25) is 20.3 Å². The smallest absolute Gasteiger partial charge is 0.313 e. The zero-order chi connectivity index (χ0) is 15.8. The highest BCUT2D eigenvalue weighted by Gasteiger charge is 2.20. The quantitative estimate of drug-likeness (QED) is 0.177. The van der Waals surface area contributed by atoms with Gasteiger partial charge in [-0.15, -0.1) is 0 Å². The van der Waals surface area contributed by atoms with E-state index in [0.29, 0.717) is 16.4 Å². The molecule has 0 aliphatic carbocycles. The topological polar surface area (TPSA) is 131 Å². The van der Waals surface area contributed by atoms with Crippen LogP contribution in [0.5, 0.6) is 5.75 Å². The van der Waals surface area contributed by atoms with E-state index in [1.807, 2.05) is 34.1 Å². The first-order chi connectivity index (χ1) is 9.99. The highest BCUT2D eigenvalue weighted by molar-refractivity contribution is 14.1. The summed E-state index contributed by atoms with van der Waals surface area (Å²) in [5, 5.41) is 19.8. The molecule has 3 N–H and O–H groups in total. The zero-order valence-electron chi connectivity index (χ0n) is 11.0. The lowest BCUT2D eigenvalue weighted by Crippen LogP contribution is -2.29. The number of hydrogen-bond donors (Lipinski definition) is 2. The van der Waals surface area contributed by atoms with Crippen molar-refractivity contribution in [1.29, 1.82) is 5.26 Å². The van der Waals surface area contributed by atoms with Crippen molar-refractivity contribution in [2.75, 3.05) is 6.61 Å². The van der Waals surface area contributed by atoms with Gasteiger partial charge in [0, 0.05) is 12.5 Å². The third-order valence-electron chi connectivity index (χ3n) is 2.56. The summed E-state index contributed by atoms with van der Waals surface area (Å²) < 4.78 is 5.92. The number of halogens is 1. The Morgan fingerprint density at radius 2 is 2.24 bits per heavy atom. The van der Waals surface area contributed by atoms with E-state index >= 15 is 0 Å². The van der Waals surface area contributed by atoms with Crippen molar-refractivity contribution in [3.8, 4) is 11.8 Å². The second-order valence-corrected chi connectivity index (χ2v) is 5.21. The Labute approximate surface area is 134 Å². The van der Waals surface area contributed by atoms with Crippen LogP contribution in [0, 0.1) is 25.0 Å². The number of hydrogen-bond acceptors (Lipinski definition) is 6. The maximum absolute atomic E-state index is 11.0. The number of nitro benzene ring substituents is 1. The minimum absolute atomic E-state index is 0.142. The molecular formula is C12H13IN4O4. The molecule has 0 aliphatic rings. The van der Waals surface area contributed by atoms with Crippen molar-refractivity contribution in [3.05, 3.63) is 31.4 Å². The number of nitrogens with zero attached hydrogens (tertiary/aromatic N) is 2. The van der Waals surface area contributed by atoms with E-state index in [9.17, 15) is 14.9 Å². The Kier molecular flexibility index (Phi) is 6.83. The van der Waals surface area contributed by atoms with Crippen LogP contribution in [0.3, 0.4) is 0 Å². The van der Waals surface area contributed by atoms with E-state index in [1.54, 1.807) is 0 Å².